The molecule has 0 N–H and O–H groups in total. The molecule has 2 aromatic carbocycles. The second-order valence-electron chi connectivity index (χ2n) is 6.50. The molecule has 0 aliphatic rings. The summed E-state index contributed by atoms with van der Waals surface area (Å²) < 4.78 is 0. The van der Waals surface area contributed by atoms with Gasteiger partial charge in [0.2, 0.25) is 23.6 Å². The van der Waals surface area contributed by atoms with Crippen molar-refractivity contribution in [1.29, 1.82) is 0 Å². The van der Waals surface area contributed by atoms with Crippen LogP contribution in [0.3, 0.4) is 0 Å². The highest BCUT2D eigenvalue weighted by atomic mass is 35.5. The van der Waals surface area contributed by atoms with Crippen LogP contribution >= 0.6 is 23.2 Å². The molecule has 0 atom stereocenters. The Balaban J connectivity index is 2.31. The number of imide groups is 2. The highest BCUT2D eigenvalue weighted by Gasteiger charge is 2.20. The molecule has 29 heavy (non-hydrogen) atoms. The minimum Gasteiger partial charge on any atom is -0.274 e. The summed E-state index contributed by atoms with van der Waals surface area (Å²) in [4.78, 5) is 48.9. The van der Waals surface area contributed by atoms with Crippen LogP contribution < -0.4 is 9.80 Å². The van der Waals surface area contributed by atoms with Crippen LogP contribution in [0.4, 0.5) is 11.4 Å². The molecule has 8 heteroatoms. The van der Waals surface area contributed by atoms with Crippen molar-refractivity contribution in [3.63, 3.8) is 0 Å². The lowest BCUT2D eigenvalue weighted by molar-refractivity contribution is -0.125. The third-order valence-electron chi connectivity index (χ3n) is 4.17. The second-order valence-corrected chi connectivity index (χ2v) is 7.31. The molecule has 0 aliphatic heterocycles. The van der Waals surface area contributed by atoms with Crippen molar-refractivity contribution in [3.05, 3.63) is 57.6 Å². The number of nitrogens with zero attached hydrogens (tertiary/aromatic N) is 2. The van der Waals surface area contributed by atoms with Gasteiger partial charge in [-0.25, -0.2) is 9.80 Å². The lowest BCUT2D eigenvalue weighted by Gasteiger charge is -2.20. The first-order valence-corrected chi connectivity index (χ1v) is 9.48. The summed E-state index contributed by atoms with van der Waals surface area (Å²) in [6, 6.07) is 10.1. The van der Waals surface area contributed by atoms with Crippen molar-refractivity contribution < 1.29 is 19.2 Å². The Kier molecular flexibility index (Phi) is 7.16. The van der Waals surface area contributed by atoms with E-state index in [9.17, 15) is 19.2 Å². The summed E-state index contributed by atoms with van der Waals surface area (Å²) >= 11 is 12.6. The molecule has 152 valence electrons. The van der Waals surface area contributed by atoms with Gasteiger partial charge in [0, 0.05) is 27.7 Å². The number of amides is 4. The third-order valence-corrected chi connectivity index (χ3v) is 4.78. The molecule has 4 amide bonds. The van der Waals surface area contributed by atoms with E-state index in [2.05, 4.69) is 0 Å². The normalized spacial score (nSPS) is 10.4. The average molecular weight is 435 g/mol. The molecule has 0 aromatic heterocycles. The summed E-state index contributed by atoms with van der Waals surface area (Å²) in [7, 11) is 0. The summed E-state index contributed by atoms with van der Waals surface area (Å²) in [6.07, 6.45) is 0.473. The smallest absolute Gasteiger partial charge is 0.230 e. The fourth-order valence-corrected chi connectivity index (χ4v) is 3.62. The zero-order valence-corrected chi connectivity index (χ0v) is 18.0. The van der Waals surface area contributed by atoms with E-state index in [-0.39, 0.29) is 10.0 Å². The van der Waals surface area contributed by atoms with Crippen LogP contribution in [0.5, 0.6) is 0 Å². The van der Waals surface area contributed by atoms with E-state index in [4.69, 9.17) is 23.2 Å². The molecule has 2 rings (SSSR count). The highest BCUT2D eigenvalue weighted by Crippen LogP contribution is 2.31. The SMILES string of the molecule is CC(=O)N(C(C)=O)c1ccc(Cc2ccc(N(C(C)=O)C(C)=O)c(Cl)c2)cc1Cl. The van der Waals surface area contributed by atoms with E-state index < -0.39 is 23.6 Å². The molecule has 0 heterocycles. The van der Waals surface area contributed by atoms with Gasteiger partial charge in [-0.1, -0.05) is 35.3 Å². The number of rotatable bonds is 4. The zero-order valence-electron chi connectivity index (χ0n) is 16.5. The molecular formula is C21H20Cl2N2O4. The molecule has 0 radical (unpaired) electrons. The van der Waals surface area contributed by atoms with Crippen LogP contribution in [0.15, 0.2) is 36.4 Å². The Morgan fingerprint density at radius 2 is 0.966 bits per heavy atom. The predicted molar refractivity (Wildman–Crippen MR) is 113 cm³/mol. The van der Waals surface area contributed by atoms with Crippen LogP contribution in [0.2, 0.25) is 10.0 Å². The highest BCUT2D eigenvalue weighted by molar-refractivity contribution is 6.35. The third kappa shape index (κ3) is 5.22. The van der Waals surface area contributed by atoms with E-state index in [1.165, 1.54) is 27.7 Å². The van der Waals surface area contributed by atoms with Gasteiger partial charge in [-0.2, -0.15) is 0 Å². The number of hydrogen-bond acceptors (Lipinski definition) is 4. The molecule has 0 bridgehead atoms. The van der Waals surface area contributed by atoms with Gasteiger partial charge in [0.25, 0.3) is 0 Å². The summed E-state index contributed by atoms with van der Waals surface area (Å²) in [5.41, 5.74) is 2.32. The Morgan fingerprint density at radius 1 is 0.655 bits per heavy atom. The molecule has 2 aromatic rings. The summed E-state index contributed by atoms with van der Waals surface area (Å²) in [5.74, 6) is -1.69. The van der Waals surface area contributed by atoms with Gasteiger partial charge in [-0.3, -0.25) is 19.2 Å². The van der Waals surface area contributed by atoms with Gasteiger partial charge in [0.05, 0.1) is 21.4 Å². The Morgan fingerprint density at radius 3 is 1.21 bits per heavy atom. The van der Waals surface area contributed by atoms with Gasteiger partial charge in [0.1, 0.15) is 0 Å². The summed E-state index contributed by atoms with van der Waals surface area (Å²) in [6.45, 7) is 5.17. The van der Waals surface area contributed by atoms with Gasteiger partial charge in [0.15, 0.2) is 0 Å². The lowest BCUT2D eigenvalue weighted by atomic mass is 10.0. The minimum atomic E-state index is -0.421. The Hall–Kier alpha value is -2.70. The standard InChI is InChI=1S/C21H20Cl2N2O4/c1-12(26)24(13(2)27)20-7-5-16(10-18(20)22)9-17-6-8-21(19(23)11-17)25(14(3)28)15(4)29/h5-8,10-11H,9H2,1-4H3. The van der Waals surface area contributed by atoms with Crippen molar-refractivity contribution >= 4 is 58.2 Å². The minimum absolute atomic E-state index is 0.273. The van der Waals surface area contributed by atoms with Crippen LogP contribution in [0, 0.1) is 0 Å². The molecule has 0 aliphatic carbocycles. The van der Waals surface area contributed by atoms with E-state index in [1.807, 2.05) is 0 Å². The first kappa shape index (κ1) is 22.6. The van der Waals surface area contributed by atoms with Crippen molar-refractivity contribution in [2.45, 2.75) is 34.1 Å². The van der Waals surface area contributed by atoms with Crippen molar-refractivity contribution in [1.82, 2.24) is 0 Å². The van der Waals surface area contributed by atoms with E-state index in [0.29, 0.717) is 17.8 Å². The van der Waals surface area contributed by atoms with Gasteiger partial charge in [-0.05, 0) is 41.8 Å². The first-order valence-electron chi connectivity index (χ1n) is 8.72. The monoisotopic (exact) mass is 434 g/mol. The number of carbonyl (C=O) groups is 4. The maximum absolute atomic E-state index is 11.7. The quantitative estimate of drug-likeness (QED) is 0.714. The average Bonchev–Trinajstić information content (AvgIpc) is 2.58. The fourth-order valence-electron chi connectivity index (χ4n) is 3.04. The zero-order chi connectivity index (χ0) is 21.9. The number of hydrogen-bond donors (Lipinski definition) is 0. The Labute approximate surface area is 179 Å². The second kappa shape index (κ2) is 9.20. The maximum atomic E-state index is 11.7. The van der Waals surface area contributed by atoms with Crippen LogP contribution in [0.1, 0.15) is 38.8 Å². The lowest BCUT2D eigenvalue weighted by Crippen LogP contribution is -2.33. The summed E-state index contributed by atoms with van der Waals surface area (Å²) in [5, 5.41) is 0.546. The van der Waals surface area contributed by atoms with Crippen LogP contribution in [-0.4, -0.2) is 23.6 Å². The molecule has 0 saturated carbocycles. The van der Waals surface area contributed by atoms with E-state index in [0.717, 1.165) is 20.9 Å². The largest absolute Gasteiger partial charge is 0.274 e. The predicted octanol–water partition coefficient (Wildman–Crippen LogP) is 4.38. The van der Waals surface area contributed by atoms with Gasteiger partial charge < -0.3 is 0 Å². The number of carbonyl (C=O) groups excluding carboxylic acids is 4. The van der Waals surface area contributed by atoms with Crippen molar-refractivity contribution in [3.8, 4) is 0 Å². The first-order chi connectivity index (χ1) is 13.5. The van der Waals surface area contributed by atoms with E-state index in [1.54, 1.807) is 36.4 Å². The molecular weight excluding hydrogens is 415 g/mol. The van der Waals surface area contributed by atoms with Crippen LogP contribution in [-0.2, 0) is 25.6 Å². The number of benzene rings is 2. The molecule has 0 saturated heterocycles. The molecule has 0 unspecified atom stereocenters. The van der Waals surface area contributed by atoms with Gasteiger partial charge in [-0.15, -0.1) is 0 Å². The van der Waals surface area contributed by atoms with Crippen molar-refractivity contribution in [2.75, 3.05) is 9.80 Å². The molecule has 6 nitrogen and oxygen atoms in total. The maximum Gasteiger partial charge on any atom is 0.230 e. The van der Waals surface area contributed by atoms with E-state index >= 15 is 0 Å². The molecule has 0 spiro atoms. The fraction of sp³-hybridized carbons (Fsp3) is 0.238. The molecule has 0 fully saturated rings. The number of anilines is 2. The topological polar surface area (TPSA) is 74.8 Å². The number of halogens is 2. The van der Waals surface area contributed by atoms with Crippen molar-refractivity contribution in [2.24, 2.45) is 0 Å². The van der Waals surface area contributed by atoms with Crippen LogP contribution in [0.25, 0.3) is 0 Å². The Bertz CT molecular complexity index is 897. The van der Waals surface area contributed by atoms with Gasteiger partial charge >= 0.3 is 0 Å².